The maximum atomic E-state index is 6.29. The van der Waals surface area contributed by atoms with Crippen LogP contribution in [0.3, 0.4) is 0 Å². The predicted octanol–water partition coefficient (Wildman–Crippen LogP) is 5.23. The molecule has 1 aromatic rings. The average molecular weight is 317 g/mol. The molecule has 1 N–H and O–H groups in total. The molecule has 0 saturated carbocycles. The quantitative estimate of drug-likeness (QED) is 0.825. The highest BCUT2D eigenvalue weighted by Crippen LogP contribution is 2.35. The van der Waals surface area contributed by atoms with Crippen LogP contribution in [0.4, 0.5) is 5.69 Å². The molecule has 1 aliphatic heterocycles. The van der Waals surface area contributed by atoms with Crippen LogP contribution >= 0.6 is 35.0 Å². The summed E-state index contributed by atoms with van der Waals surface area (Å²) >= 11 is 14.3. The molecule has 0 spiro atoms. The van der Waals surface area contributed by atoms with Crippen molar-refractivity contribution < 1.29 is 0 Å². The van der Waals surface area contributed by atoms with Gasteiger partial charge in [0.15, 0.2) is 5.17 Å². The lowest BCUT2D eigenvalue weighted by Crippen LogP contribution is -2.10. The van der Waals surface area contributed by atoms with Crippen LogP contribution in [0, 0.1) is 12.8 Å². The molecule has 5 heteroatoms. The Balaban J connectivity index is 2.06. The number of aliphatic imine (C=N–C) groups is 1. The summed E-state index contributed by atoms with van der Waals surface area (Å²) in [5.74, 6) is 0.693. The summed E-state index contributed by atoms with van der Waals surface area (Å²) in [5.41, 5.74) is 1.77. The Bertz CT molecular complexity index is 500. The van der Waals surface area contributed by atoms with Gasteiger partial charge in [-0.3, -0.25) is 4.99 Å². The van der Waals surface area contributed by atoms with Crippen LogP contribution in [0.15, 0.2) is 17.1 Å². The van der Waals surface area contributed by atoms with Crippen molar-refractivity contribution in [3.8, 4) is 0 Å². The highest BCUT2D eigenvalue weighted by Gasteiger charge is 2.22. The summed E-state index contributed by atoms with van der Waals surface area (Å²) < 4.78 is 0. The van der Waals surface area contributed by atoms with Crippen molar-refractivity contribution in [3.05, 3.63) is 27.7 Å². The Morgan fingerprint density at radius 1 is 1.42 bits per heavy atom. The smallest absolute Gasteiger partial charge is 0.161 e. The monoisotopic (exact) mass is 316 g/mol. The number of nitrogens with zero attached hydrogens (tertiary/aromatic N) is 1. The summed E-state index contributed by atoms with van der Waals surface area (Å²) in [6, 6.07) is 3.78. The molecule has 1 unspecified atom stereocenters. The van der Waals surface area contributed by atoms with Crippen LogP contribution in [0.25, 0.3) is 0 Å². The van der Waals surface area contributed by atoms with Crippen molar-refractivity contribution in [1.29, 1.82) is 0 Å². The lowest BCUT2D eigenvalue weighted by Gasteiger charge is -2.13. The van der Waals surface area contributed by atoms with E-state index < -0.39 is 0 Å². The molecule has 0 aliphatic carbocycles. The first kappa shape index (κ1) is 15.0. The minimum Gasteiger partial charge on any atom is -0.333 e. The van der Waals surface area contributed by atoms with Gasteiger partial charge in [-0.05, 0) is 30.9 Å². The Morgan fingerprint density at radius 2 is 2.16 bits per heavy atom. The molecule has 1 aromatic carbocycles. The Hall–Kier alpha value is -0.380. The molecule has 1 aliphatic rings. The summed E-state index contributed by atoms with van der Waals surface area (Å²) in [7, 11) is 0. The van der Waals surface area contributed by atoms with E-state index in [4.69, 9.17) is 23.2 Å². The molecule has 0 bridgehead atoms. The first-order valence-corrected chi connectivity index (χ1v) is 8.03. The summed E-state index contributed by atoms with van der Waals surface area (Å²) in [5, 5.41) is 6.05. The normalized spacial score (nSPS) is 18.8. The number of halogens is 2. The maximum Gasteiger partial charge on any atom is 0.161 e. The average Bonchev–Trinajstić information content (AvgIpc) is 2.76. The van der Waals surface area contributed by atoms with Gasteiger partial charge in [0.2, 0.25) is 0 Å². The van der Waals surface area contributed by atoms with Gasteiger partial charge in [0, 0.05) is 5.25 Å². The van der Waals surface area contributed by atoms with Crippen molar-refractivity contribution in [2.24, 2.45) is 10.9 Å². The fourth-order valence-corrected chi connectivity index (χ4v) is 3.73. The number of nitrogens with one attached hydrogen (secondary N) is 1. The first-order chi connectivity index (χ1) is 8.97. The van der Waals surface area contributed by atoms with Crippen LogP contribution in [0.2, 0.25) is 10.0 Å². The van der Waals surface area contributed by atoms with Gasteiger partial charge >= 0.3 is 0 Å². The molecule has 19 heavy (non-hydrogen) atoms. The fourth-order valence-electron chi connectivity index (χ4n) is 2.01. The van der Waals surface area contributed by atoms with E-state index in [0.717, 1.165) is 23.0 Å². The van der Waals surface area contributed by atoms with Crippen LogP contribution in [0.5, 0.6) is 0 Å². The van der Waals surface area contributed by atoms with E-state index in [0.29, 0.717) is 21.2 Å². The molecular weight excluding hydrogens is 299 g/mol. The molecule has 0 amide bonds. The Kier molecular flexibility index (Phi) is 5.04. The van der Waals surface area contributed by atoms with Crippen LogP contribution in [-0.4, -0.2) is 17.0 Å². The third kappa shape index (κ3) is 3.80. The zero-order valence-electron chi connectivity index (χ0n) is 11.3. The largest absolute Gasteiger partial charge is 0.333 e. The summed E-state index contributed by atoms with van der Waals surface area (Å²) in [6.07, 6.45) is 1.18. The van der Waals surface area contributed by atoms with Crippen LogP contribution in [0.1, 0.15) is 25.8 Å². The third-order valence-corrected chi connectivity index (χ3v) is 4.90. The second kappa shape index (κ2) is 6.38. The molecule has 0 fully saturated rings. The molecule has 104 valence electrons. The molecule has 1 atom stereocenters. The van der Waals surface area contributed by atoms with Crippen molar-refractivity contribution in [1.82, 2.24) is 0 Å². The highest BCUT2D eigenvalue weighted by atomic mass is 35.5. The van der Waals surface area contributed by atoms with E-state index in [2.05, 4.69) is 24.2 Å². The van der Waals surface area contributed by atoms with Gasteiger partial charge in [-0.15, -0.1) is 0 Å². The number of rotatable bonds is 3. The lowest BCUT2D eigenvalue weighted by atomic mass is 10.1. The van der Waals surface area contributed by atoms with Gasteiger partial charge in [-0.25, -0.2) is 0 Å². The molecule has 0 saturated heterocycles. The first-order valence-electron chi connectivity index (χ1n) is 6.40. The van der Waals surface area contributed by atoms with Crippen molar-refractivity contribution in [2.75, 3.05) is 11.9 Å². The molecule has 2 nitrogen and oxygen atoms in total. The fraction of sp³-hybridized carbons (Fsp3) is 0.500. The molecule has 0 radical (unpaired) electrons. The van der Waals surface area contributed by atoms with E-state index in [9.17, 15) is 0 Å². The van der Waals surface area contributed by atoms with Crippen molar-refractivity contribution in [2.45, 2.75) is 32.4 Å². The predicted molar refractivity (Wildman–Crippen MR) is 88.0 cm³/mol. The van der Waals surface area contributed by atoms with Gasteiger partial charge in [-0.2, -0.15) is 0 Å². The number of hydrogen-bond acceptors (Lipinski definition) is 3. The molecule has 1 heterocycles. The highest BCUT2D eigenvalue weighted by molar-refractivity contribution is 8.15. The van der Waals surface area contributed by atoms with Gasteiger partial charge < -0.3 is 5.32 Å². The summed E-state index contributed by atoms with van der Waals surface area (Å²) in [6.45, 7) is 7.31. The van der Waals surface area contributed by atoms with E-state index in [1.807, 2.05) is 19.1 Å². The minimum atomic E-state index is 0.560. The summed E-state index contributed by atoms with van der Waals surface area (Å²) in [4.78, 5) is 4.53. The van der Waals surface area contributed by atoms with Gasteiger partial charge in [0.1, 0.15) is 0 Å². The van der Waals surface area contributed by atoms with Crippen molar-refractivity contribution >= 4 is 45.8 Å². The third-order valence-electron chi connectivity index (χ3n) is 2.97. The lowest BCUT2D eigenvalue weighted by molar-refractivity contribution is 0.575. The second-order valence-corrected chi connectivity index (χ2v) is 7.27. The number of thioether (sulfide) groups is 1. The second-order valence-electron chi connectivity index (χ2n) is 5.19. The van der Waals surface area contributed by atoms with E-state index >= 15 is 0 Å². The van der Waals surface area contributed by atoms with E-state index in [1.54, 1.807) is 11.8 Å². The van der Waals surface area contributed by atoms with E-state index in [-0.39, 0.29) is 0 Å². The van der Waals surface area contributed by atoms with Crippen LogP contribution < -0.4 is 5.32 Å². The minimum absolute atomic E-state index is 0.560. The number of aryl methyl sites for hydroxylation is 1. The SMILES string of the molecule is Cc1ccc(Cl)c(NC2=NCC(CC(C)C)S2)c1Cl. The Morgan fingerprint density at radius 3 is 2.84 bits per heavy atom. The zero-order valence-corrected chi connectivity index (χ0v) is 13.7. The van der Waals surface area contributed by atoms with E-state index in [1.165, 1.54) is 6.42 Å². The van der Waals surface area contributed by atoms with Crippen LogP contribution in [-0.2, 0) is 0 Å². The number of hydrogen-bond donors (Lipinski definition) is 1. The van der Waals surface area contributed by atoms with Crippen molar-refractivity contribution in [3.63, 3.8) is 0 Å². The van der Waals surface area contributed by atoms with Gasteiger partial charge in [0.05, 0.1) is 22.3 Å². The number of amidine groups is 1. The molecule has 0 aromatic heterocycles. The van der Waals surface area contributed by atoms with Gasteiger partial charge in [-0.1, -0.05) is 54.9 Å². The Labute approximate surface area is 129 Å². The maximum absolute atomic E-state index is 6.29. The molecule has 2 rings (SSSR count). The zero-order chi connectivity index (χ0) is 14.0. The topological polar surface area (TPSA) is 24.4 Å². The number of benzene rings is 1. The van der Waals surface area contributed by atoms with Gasteiger partial charge in [0.25, 0.3) is 0 Å². The number of anilines is 1. The molecular formula is C14H18Cl2N2S. The standard InChI is InChI=1S/C14H18Cl2N2S/c1-8(2)6-10-7-17-14(19-10)18-13-11(15)5-4-9(3)12(13)16/h4-5,8,10H,6-7H2,1-3H3,(H,17,18).